The minimum Gasteiger partial charge on any atom is -0.409 e. The summed E-state index contributed by atoms with van der Waals surface area (Å²) >= 11 is 0. The van der Waals surface area contributed by atoms with Crippen LogP contribution in [-0.4, -0.2) is 54.9 Å². The molecular weight excluding hydrogens is 246 g/mol. The lowest BCUT2D eigenvalue weighted by Gasteiger charge is -2.29. The molecule has 0 radical (unpaired) electrons. The van der Waals surface area contributed by atoms with Gasteiger partial charge in [0.15, 0.2) is 15.7 Å². The molecule has 0 aliphatic carbocycles. The van der Waals surface area contributed by atoms with Crippen LogP contribution < -0.4 is 5.73 Å². The fourth-order valence-electron chi connectivity index (χ4n) is 1.73. The van der Waals surface area contributed by atoms with Crippen molar-refractivity contribution in [3.63, 3.8) is 0 Å². The normalized spacial score (nSPS) is 22.2. The van der Waals surface area contributed by atoms with E-state index in [2.05, 4.69) is 5.16 Å². The highest BCUT2D eigenvalue weighted by Crippen LogP contribution is 2.12. The Hall–Kier alpha value is -1.31. The van der Waals surface area contributed by atoms with Crippen LogP contribution in [0.3, 0.4) is 0 Å². The second-order valence-corrected chi connectivity index (χ2v) is 6.27. The van der Waals surface area contributed by atoms with Crippen molar-refractivity contribution in [1.29, 1.82) is 0 Å². The molecule has 0 aromatic carbocycles. The first-order valence-electron chi connectivity index (χ1n) is 5.38. The minimum atomic E-state index is -3.01. The Morgan fingerprint density at radius 2 is 2.00 bits per heavy atom. The molecule has 0 bridgehead atoms. The number of carbonyl (C=O) groups excluding carboxylic acids is 1. The number of amidine groups is 1. The fourth-order valence-corrected chi connectivity index (χ4v) is 2.93. The summed E-state index contributed by atoms with van der Waals surface area (Å²) in [4.78, 5) is 13.5. The Labute approximate surface area is 100 Å². The molecule has 1 aliphatic rings. The quantitative estimate of drug-likeness (QED) is 0.294. The molecule has 0 aromatic rings. The molecule has 1 amide bonds. The monoisotopic (exact) mass is 263 g/mol. The second kappa shape index (κ2) is 5.35. The van der Waals surface area contributed by atoms with Crippen LogP contribution in [0.15, 0.2) is 5.16 Å². The molecule has 0 spiro atoms. The summed E-state index contributed by atoms with van der Waals surface area (Å²) in [5.74, 6) is -1.14. The van der Waals surface area contributed by atoms with Crippen molar-refractivity contribution in [3.8, 4) is 0 Å². The number of nitrogens with two attached hydrogens (primary N) is 1. The zero-order valence-corrected chi connectivity index (χ0v) is 10.5. The highest BCUT2D eigenvalue weighted by atomic mass is 32.2. The molecule has 1 aliphatic heterocycles. The first kappa shape index (κ1) is 13.8. The Morgan fingerprint density at radius 1 is 1.47 bits per heavy atom. The molecule has 8 heteroatoms. The van der Waals surface area contributed by atoms with Gasteiger partial charge in [0.25, 0.3) is 0 Å². The molecule has 3 N–H and O–H groups in total. The van der Waals surface area contributed by atoms with E-state index in [0.29, 0.717) is 6.42 Å². The van der Waals surface area contributed by atoms with Crippen LogP contribution in [0.2, 0.25) is 0 Å². The first-order chi connectivity index (χ1) is 7.91. The topological polar surface area (TPSA) is 113 Å². The standard InChI is InChI=1S/C9H17N3O4S/c1-2-7(8(10)11-14)9(13)12-3-5-17(15,16)6-4-12/h7,14H,2-6H2,1H3,(H2,10,11). The molecule has 1 atom stereocenters. The zero-order valence-electron chi connectivity index (χ0n) is 9.66. The van der Waals surface area contributed by atoms with Gasteiger partial charge in [-0.3, -0.25) is 4.79 Å². The highest BCUT2D eigenvalue weighted by molar-refractivity contribution is 7.91. The average Bonchev–Trinajstić information content (AvgIpc) is 2.29. The number of oxime groups is 1. The number of hydrogen-bond acceptors (Lipinski definition) is 5. The van der Waals surface area contributed by atoms with E-state index in [1.165, 1.54) is 4.90 Å². The van der Waals surface area contributed by atoms with Gasteiger partial charge in [0.1, 0.15) is 0 Å². The summed E-state index contributed by atoms with van der Waals surface area (Å²) in [5, 5.41) is 11.4. The molecule has 1 unspecified atom stereocenters. The van der Waals surface area contributed by atoms with Crippen molar-refractivity contribution in [1.82, 2.24) is 4.90 Å². The maximum atomic E-state index is 12.0. The van der Waals surface area contributed by atoms with Gasteiger partial charge in [-0.05, 0) is 6.42 Å². The largest absolute Gasteiger partial charge is 0.409 e. The third-order valence-corrected chi connectivity index (χ3v) is 4.44. The summed E-state index contributed by atoms with van der Waals surface area (Å²) in [6, 6.07) is 0. The molecule has 98 valence electrons. The van der Waals surface area contributed by atoms with Gasteiger partial charge in [0, 0.05) is 13.1 Å². The summed E-state index contributed by atoms with van der Waals surface area (Å²) in [7, 11) is -3.01. The minimum absolute atomic E-state index is 0.0225. The number of carbonyl (C=O) groups is 1. The van der Waals surface area contributed by atoms with Crippen LogP contribution in [0.5, 0.6) is 0 Å². The predicted molar refractivity (Wildman–Crippen MR) is 62.4 cm³/mol. The van der Waals surface area contributed by atoms with E-state index in [9.17, 15) is 13.2 Å². The number of nitrogens with zero attached hydrogens (tertiary/aromatic N) is 2. The molecule has 0 saturated carbocycles. The van der Waals surface area contributed by atoms with E-state index in [-0.39, 0.29) is 36.3 Å². The molecule has 1 fully saturated rings. The van der Waals surface area contributed by atoms with Crippen LogP contribution in [0, 0.1) is 5.92 Å². The zero-order chi connectivity index (χ0) is 13.1. The van der Waals surface area contributed by atoms with Crippen molar-refractivity contribution in [2.45, 2.75) is 13.3 Å². The van der Waals surface area contributed by atoms with Crippen LogP contribution >= 0.6 is 0 Å². The van der Waals surface area contributed by atoms with E-state index in [4.69, 9.17) is 10.9 Å². The van der Waals surface area contributed by atoms with Crippen molar-refractivity contribution in [2.24, 2.45) is 16.8 Å². The first-order valence-corrected chi connectivity index (χ1v) is 7.20. The van der Waals surface area contributed by atoms with Crippen molar-refractivity contribution >= 4 is 21.6 Å². The highest BCUT2D eigenvalue weighted by Gasteiger charge is 2.30. The number of sulfone groups is 1. The van der Waals surface area contributed by atoms with Crippen LogP contribution in [0.4, 0.5) is 0 Å². The maximum absolute atomic E-state index is 12.0. The molecule has 7 nitrogen and oxygen atoms in total. The lowest BCUT2D eigenvalue weighted by molar-refractivity contribution is -0.133. The summed E-state index contributed by atoms with van der Waals surface area (Å²) < 4.78 is 22.4. The maximum Gasteiger partial charge on any atom is 0.233 e. The average molecular weight is 263 g/mol. The molecule has 17 heavy (non-hydrogen) atoms. The Balaban J connectivity index is 2.71. The smallest absolute Gasteiger partial charge is 0.233 e. The predicted octanol–water partition coefficient (Wildman–Crippen LogP) is -0.984. The van der Waals surface area contributed by atoms with Gasteiger partial charge in [-0.1, -0.05) is 12.1 Å². The van der Waals surface area contributed by atoms with Gasteiger partial charge in [0.05, 0.1) is 17.4 Å². The molecular formula is C9H17N3O4S. The van der Waals surface area contributed by atoms with Crippen molar-refractivity contribution in [2.75, 3.05) is 24.6 Å². The Kier molecular flexibility index (Phi) is 4.33. The number of amides is 1. The summed E-state index contributed by atoms with van der Waals surface area (Å²) in [5.41, 5.74) is 5.42. The third kappa shape index (κ3) is 3.32. The number of rotatable bonds is 3. The Bertz CT molecular complexity index is 404. The van der Waals surface area contributed by atoms with E-state index < -0.39 is 15.8 Å². The van der Waals surface area contributed by atoms with Crippen molar-refractivity contribution < 1.29 is 18.4 Å². The van der Waals surface area contributed by atoms with Gasteiger partial charge < -0.3 is 15.8 Å². The molecule has 1 heterocycles. The lowest BCUT2D eigenvalue weighted by Crippen LogP contribution is -2.48. The fraction of sp³-hybridized carbons (Fsp3) is 0.778. The second-order valence-electron chi connectivity index (χ2n) is 3.96. The van der Waals surface area contributed by atoms with Gasteiger partial charge in [0.2, 0.25) is 5.91 Å². The SMILES string of the molecule is CCC(C(=O)N1CCS(=O)(=O)CC1)/C(N)=N/O. The van der Waals surface area contributed by atoms with Crippen LogP contribution in [-0.2, 0) is 14.6 Å². The third-order valence-electron chi connectivity index (χ3n) is 2.83. The van der Waals surface area contributed by atoms with E-state index in [1.807, 2.05) is 0 Å². The van der Waals surface area contributed by atoms with Crippen LogP contribution in [0.1, 0.15) is 13.3 Å². The van der Waals surface area contributed by atoms with E-state index in [1.54, 1.807) is 6.92 Å². The molecule has 0 aromatic heterocycles. The summed E-state index contributed by atoms with van der Waals surface area (Å²) in [6.07, 6.45) is 0.415. The van der Waals surface area contributed by atoms with Gasteiger partial charge in [-0.15, -0.1) is 0 Å². The number of hydrogen-bond donors (Lipinski definition) is 2. The van der Waals surface area contributed by atoms with Gasteiger partial charge in [-0.2, -0.15) is 0 Å². The van der Waals surface area contributed by atoms with E-state index >= 15 is 0 Å². The van der Waals surface area contributed by atoms with Crippen molar-refractivity contribution in [3.05, 3.63) is 0 Å². The van der Waals surface area contributed by atoms with E-state index in [0.717, 1.165) is 0 Å². The summed E-state index contributed by atoms with van der Waals surface area (Å²) in [6.45, 7) is 2.11. The van der Waals surface area contributed by atoms with Crippen LogP contribution in [0.25, 0.3) is 0 Å². The van der Waals surface area contributed by atoms with Gasteiger partial charge >= 0.3 is 0 Å². The van der Waals surface area contributed by atoms with Gasteiger partial charge in [-0.25, -0.2) is 8.42 Å². The molecule has 1 saturated heterocycles. The Morgan fingerprint density at radius 3 is 2.41 bits per heavy atom. The molecule has 1 rings (SSSR count). The lowest BCUT2D eigenvalue weighted by atomic mass is 10.0.